The second-order valence-corrected chi connectivity index (χ2v) is 8.61. The van der Waals surface area contributed by atoms with Gasteiger partial charge in [0.25, 0.3) is 0 Å². The van der Waals surface area contributed by atoms with Crippen LogP contribution in [0.5, 0.6) is 5.75 Å². The number of ether oxygens (including phenoxy) is 1. The Morgan fingerprint density at radius 2 is 2.03 bits per heavy atom. The molecule has 2 N–H and O–H groups in total. The maximum Gasteiger partial charge on any atom is 0.350 e. The number of nitrogens with two attached hydrogens (primary N) is 1. The first-order valence-corrected chi connectivity index (χ1v) is 10.7. The molecule has 0 radical (unpaired) electrons. The van der Waals surface area contributed by atoms with Crippen LogP contribution in [-0.2, 0) is 13.5 Å². The zero-order valence-electron chi connectivity index (χ0n) is 16.5. The van der Waals surface area contributed by atoms with E-state index in [0.29, 0.717) is 40.9 Å². The average molecular weight is 453 g/mol. The Hall–Kier alpha value is -3.36. The van der Waals surface area contributed by atoms with Crippen molar-refractivity contribution in [2.75, 3.05) is 6.61 Å². The van der Waals surface area contributed by atoms with E-state index in [1.54, 1.807) is 31.3 Å². The summed E-state index contributed by atoms with van der Waals surface area (Å²) in [5.41, 5.74) is 8.10. The van der Waals surface area contributed by atoms with Gasteiger partial charge in [-0.2, -0.15) is 0 Å². The molecule has 0 bridgehead atoms. The number of hydrogen-bond donors (Lipinski definition) is 1. The molecule has 0 saturated heterocycles. The highest BCUT2D eigenvalue weighted by Gasteiger charge is 2.24. The number of carbonyl (C=O) groups is 1. The quantitative estimate of drug-likeness (QED) is 0.513. The summed E-state index contributed by atoms with van der Waals surface area (Å²) in [6.07, 6.45) is 0.690. The molecule has 0 unspecified atom stereocenters. The van der Waals surface area contributed by atoms with Gasteiger partial charge in [-0.1, -0.05) is 23.7 Å². The summed E-state index contributed by atoms with van der Waals surface area (Å²) in [6, 6.07) is 14.4. The van der Waals surface area contributed by atoms with E-state index in [9.17, 15) is 9.59 Å². The number of para-hydroxylation sites is 1. The van der Waals surface area contributed by atoms with Gasteiger partial charge >= 0.3 is 5.69 Å². The summed E-state index contributed by atoms with van der Waals surface area (Å²) in [7, 11) is 1.62. The molecule has 2 aromatic carbocycles. The lowest BCUT2D eigenvalue weighted by atomic mass is 10.1. The lowest BCUT2D eigenvalue weighted by Gasteiger charge is -2.08. The first-order chi connectivity index (χ1) is 14.9. The minimum atomic E-state index is -0.500. The minimum absolute atomic E-state index is 0.276. The number of aryl methyl sites for hydroxylation is 1. The molecule has 31 heavy (non-hydrogen) atoms. The fourth-order valence-corrected chi connectivity index (χ4v) is 5.12. The first-order valence-electron chi connectivity index (χ1n) is 9.55. The Morgan fingerprint density at radius 1 is 1.23 bits per heavy atom. The van der Waals surface area contributed by atoms with Gasteiger partial charge in [0.2, 0.25) is 5.91 Å². The first kappa shape index (κ1) is 19.6. The number of primary amides is 1. The predicted octanol–water partition coefficient (Wildman–Crippen LogP) is 3.65. The van der Waals surface area contributed by atoms with Gasteiger partial charge in [0.05, 0.1) is 22.2 Å². The van der Waals surface area contributed by atoms with Crippen molar-refractivity contribution in [3.05, 3.63) is 75.2 Å². The fraction of sp³-hybridized carbons (Fsp3) is 0.136. The summed E-state index contributed by atoms with van der Waals surface area (Å²) in [4.78, 5) is 26.3. The number of hydrogen-bond acceptors (Lipinski definition) is 5. The van der Waals surface area contributed by atoms with Gasteiger partial charge < -0.3 is 10.5 Å². The molecule has 3 heterocycles. The van der Waals surface area contributed by atoms with Crippen LogP contribution in [0.25, 0.3) is 26.8 Å². The van der Waals surface area contributed by atoms with Crippen LogP contribution in [0.3, 0.4) is 0 Å². The zero-order valence-corrected chi connectivity index (χ0v) is 18.0. The van der Waals surface area contributed by atoms with E-state index in [-0.39, 0.29) is 5.69 Å². The van der Waals surface area contributed by atoms with Crippen molar-refractivity contribution in [2.45, 2.75) is 6.42 Å². The lowest BCUT2D eigenvalue weighted by molar-refractivity contribution is 0.1000. The Balaban J connectivity index is 1.69. The lowest BCUT2D eigenvalue weighted by Crippen LogP contribution is -2.21. The Bertz CT molecular complexity index is 1400. The molecule has 0 fully saturated rings. The van der Waals surface area contributed by atoms with E-state index in [1.807, 2.05) is 24.3 Å². The Kier molecular flexibility index (Phi) is 4.68. The largest absolute Gasteiger partial charge is 0.493 e. The van der Waals surface area contributed by atoms with Crippen LogP contribution in [0, 0.1) is 0 Å². The minimum Gasteiger partial charge on any atom is -0.493 e. The normalized spacial score (nSPS) is 12.6. The molecule has 1 aliphatic heterocycles. The molecule has 0 spiro atoms. The SMILES string of the molecule is Cn1nc(-c2cc3c(s2)-c2ccc(C(N)=O)cc2OCC3)n(-c2ccccc2Cl)c1=O. The topological polar surface area (TPSA) is 92.1 Å². The van der Waals surface area contributed by atoms with Crippen molar-refractivity contribution in [3.63, 3.8) is 0 Å². The number of halogens is 1. The molecule has 5 rings (SSSR count). The molecule has 1 amide bonds. The van der Waals surface area contributed by atoms with E-state index in [2.05, 4.69) is 5.10 Å². The van der Waals surface area contributed by atoms with Gasteiger partial charge in [-0.05, 0) is 42.0 Å². The number of fused-ring (bicyclic) bond motifs is 3. The number of nitrogens with zero attached hydrogens (tertiary/aromatic N) is 3. The van der Waals surface area contributed by atoms with Crippen LogP contribution in [0.2, 0.25) is 5.02 Å². The number of rotatable bonds is 3. The number of amides is 1. The maximum absolute atomic E-state index is 12.9. The maximum atomic E-state index is 12.9. The number of benzene rings is 2. The van der Waals surface area contributed by atoms with E-state index < -0.39 is 5.91 Å². The van der Waals surface area contributed by atoms with Crippen LogP contribution < -0.4 is 16.2 Å². The molecule has 1 aliphatic rings. The summed E-state index contributed by atoms with van der Waals surface area (Å²) in [5, 5.41) is 4.95. The number of aromatic nitrogens is 3. The molecule has 9 heteroatoms. The number of carbonyl (C=O) groups excluding carboxylic acids is 1. The smallest absolute Gasteiger partial charge is 0.350 e. The molecular formula is C22H17ClN4O3S. The van der Waals surface area contributed by atoms with Crippen LogP contribution in [0.4, 0.5) is 0 Å². The van der Waals surface area contributed by atoms with Gasteiger partial charge in [0.15, 0.2) is 5.82 Å². The average Bonchev–Trinajstić information content (AvgIpc) is 3.24. The van der Waals surface area contributed by atoms with Crippen LogP contribution in [0.15, 0.2) is 53.3 Å². The van der Waals surface area contributed by atoms with Crippen molar-refractivity contribution >= 4 is 28.8 Å². The summed E-state index contributed by atoms with van der Waals surface area (Å²) in [5.74, 6) is 0.642. The van der Waals surface area contributed by atoms with Crippen LogP contribution in [-0.4, -0.2) is 26.9 Å². The third-order valence-electron chi connectivity index (χ3n) is 5.19. The van der Waals surface area contributed by atoms with Crippen molar-refractivity contribution in [1.29, 1.82) is 0 Å². The van der Waals surface area contributed by atoms with E-state index in [0.717, 1.165) is 20.9 Å². The van der Waals surface area contributed by atoms with Crippen molar-refractivity contribution in [1.82, 2.24) is 14.3 Å². The van der Waals surface area contributed by atoms with Gasteiger partial charge in [0.1, 0.15) is 5.75 Å². The molecule has 7 nitrogen and oxygen atoms in total. The second-order valence-electron chi connectivity index (χ2n) is 7.16. The summed E-state index contributed by atoms with van der Waals surface area (Å²) >= 11 is 7.90. The van der Waals surface area contributed by atoms with Gasteiger partial charge in [-0.25, -0.2) is 14.0 Å². The number of thiophene rings is 1. The third-order valence-corrected chi connectivity index (χ3v) is 6.71. The van der Waals surface area contributed by atoms with Crippen molar-refractivity contribution in [2.24, 2.45) is 12.8 Å². The molecular weight excluding hydrogens is 436 g/mol. The van der Waals surface area contributed by atoms with E-state index >= 15 is 0 Å². The molecule has 156 valence electrons. The molecule has 0 saturated carbocycles. The third kappa shape index (κ3) is 3.24. The van der Waals surface area contributed by atoms with E-state index in [4.69, 9.17) is 22.1 Å². The highest BCUT2D eigenvalue weighted by atomic mass is 35.5. The monoisotopic (exact) mass is 452 g/mol. The Labute approximate surface area is 186 Å². The molecule has 2 aromatic heterocycles. The second kappa shape index (κ2) is 7.40. The summed E-state index contributed by atoms with van der Waals surface area (Å²) in [6.45, 7) is 0.470. The highest BCUT2D eigenvalue weighted by Crippen LogP contribution is 2.44. The van der Waals surface area contributed by atoms with Gasteiger partial charge in [-0.3, -0.25) is 4.79 Å². The van der Waals surface area contributed by atoms with Gasteiger partial charge in [-0.15, -0.1) is 16.4 Å². The summed E-state index contributed by atoms with van der Waals surface area (Å²) < 4.78 is 8.70. The van der Waals surface area contributed by atoms with Gasteiger partial charge in [0, 0.05) is 29.5 Å². The molecule has 0 atom stereocenters. The van der Waals surface area contributed by atoms with Crippen LogP contribution >= 0.6 is 22.9 Å². The van der Waals surface area contributed by atoms with Crippen LogP contribution in [0.1, 0.15) is 15.9 Å². The molecule has 4 aromatic rings. The standard InChI is InChI=1S/C22H17ClN4O3S/c1-26-22(29)27(16-5-3-2-4-15(16)23)21(25-26)18-11-12-8-9-30-17-10-13(20(24)28)6-7-14(17)19(12)31-18/h2-7,10-11H,8-9H2,1H3,(H2,24,28). The highest BCUT2D eigenvalue weighted by molar-refractivity contribution is 7.19. The fourth-order valence-electron chi connectivity index (χ4n) is 3.68. The predicted molar refractivity (Wildman–Crippen MR) is 120 cm³/mol. The Morgan fingerprint density at radius 3 is 2.81 bits per heavy atom. The van der Waals surface area contributed by atoms with Crippen molar-refractivity contribution < 1.29 is 9.53 Å². The van der Waals surface area contributed by atoms with E-state index in [1.165, 1.54) is 20.6 Å². The molecule has 0 aliphatic carbocycles. The zero-order chi connectivity index (χ0) is 21.7. The van der Waals surface area contributed by atoms with Crippen molar-refractivity contribution in [3.8, 4) is 32.6 Å².